The first-order chi connectivity index (χ1) is 14.3. The second-order valence-corrected chi connectivity index (χ2v) is 9.71. The molecule has 0 atom stereocenters. The molecule has 1 aromatic rings. The number of hydrogen-bond acceptors (Lipinski definition) is 10. The minimum Gasteiger partial charge on any atom is -0.367 e. The monoisotopic (exact) mass is 475 g/mol. The molecule has 1 fully saturated rings. The van der Waals surface area contributed by atoms with E-state index >= 15 is 0 Å². The number of carbonyl (C=O) groups is 3. The first kappa shape index (κ1) is 24.5. The molecule has 14 heteroatoms. The van der Waals surface area contributed by atoms with Crippen molar-refractivity contribution in [3.05, 3.63) is 35.4 Å². The van der Waals surface area contributed by atoms with E-state index in [4.69, 9.17) is 8.37 Å². The Morgan fingerprint density at radius 2 is 1.29 bits per heavy atom. The highest BCUT2D eigenvalue weighted by Gasteiger charge is 2.27. The van der Waals surface area contributed by atoms with Crippen molar-refractivity contribution in [2.24, 2.45) is 0 Å². The van der Waals surface area contributed by atoms with E-state index in [-0.39, 0.29) is 31.9 Å². The van der Waals surface area contributed by atoms with Crippen LogP contribution in [0.5, 0.6) is 0 Å². The Balaban J connectivity index is 2.15. The molecule has 4 amide bonds. The molecule has 0 radical (unpaired) electrons. The zero-order chi connectivity index (χ0) is 23.2. The molecular weight excluding hydrogens is 454 g/mol. The van der Waals surface area contributed by atoms with Gasteiger partial charge in [0.1, 0.15) is 5.57 Å². The number of rotatable bonds is 10. The summed E-state index contributed by atoms with van der Waals surface area (Å²) in [6.45, 7) is -0.100. The summed E-state index contributed by atoms with van der Waals surface area (Å²) in [5.74, 6) is -1.65. The van der Waals surface area contributed by atoms with Crippen LogP contribution < -0.4 is 15.5 Å². The van der Waals surface area contributed by atoms with Crippen LogP contribution in [0.3, 0.4) is 0 Å². The topological polar surface area (TPSA) is 165 Å². The maximum Gasteiger partial charge on any atom is 0.328 e. The third kappa shape index (κ3) is 8.45. The fourth-order valence-corrected chi connectivity index (χ4v) is 3.28. The summed E-state index contributed by atoms with van der Waals surface area (Å²) < 4.78 is 54.1. The number of anilines is 1. The van der Waals surface area contributed by atoms with E-state index in [0.717, 1.165) is 12.5 Å². The molecule has 1 aliphatic rings. The van der Waals surface area contributed by atoms with Crippen LogP contribution in [0.4, 0.5) is 10.5 Å². The van der Waals surface area contributed by atoms with Crippen LogP contribution in [-0.4, -0.2) is 73.5 Å². The Bertz CT molecular complexity index is 1030. The van der Waals surface area contributed by atoms with Crippen LogP contribution in [0.1, 0.15) is 5.56 Å². The van der Waals surface area contributed by atoms with Gasteiger partial charge in [-0.15, -0.1) is 0 Å². The molecule has 1 aromatic carbocycles. The fourth-order valence-electron chi connectivity index (χ4n) is 2.52. The van der Waals surface area contributed by atoms with E-state index in [1.165, 1.54) is 6.08 Å². The molecule has 1 heterocycles. The molecule has 12 nitrogen and oxygen atoms in total. The molecule has 1 aliphatic heterocycles. The third-order valence-electron chi connectivity index (χ3n) is 3.83. The quantitative estimate of drug-likeness (QED) is 0.248. The second kappa shape index (κ2) is 10.00. The van der Waals surface area contributed by atoms with Gasteiger partial charge in [-0.05, 0) is 23.8 Å². The third-order valence-corrected chi connectivity index (χ3v) is 5.02. The second-order valence-electron chi connectivity index (χ2n) is 6.43. The largest absolute Gasteiger partial charge is 0.367 e. The van der Waals surface area contributed by atoms with Crippen molar-refractivity contribution in [2.45, 2.75) is 0 Å². The number of urea groups is 1. The fraction of sp³-hybridized carbons (Fsp3) is 0.353. The van der Waals surface area contributed by atoms with E-state index in [1.54, 1.807) is 29.2 Å². The van der Waals surface area contributed by atoms with Gasteiger partial charge < -0.3 is 4.90 Å². The smallest absolute Gasteiger partial charge is 0.328 e. The summed E-state index contributed by atoms with van der Waals surface area (Å²) in [5, 5.41) is 3.94. The normalized spacial score (nSPS) is 14.8. The number of hydrogen-bond donors (Lipinski definition) is 2. The van der Waals surface area contributed by atoms with Crippen LogP contribution in [-0.2, 0) is 38.2 Å². The van der Waals surface area contributed by atoms with Crippen molar-refractivity contribution >= 4 is 49.8 Å². The number of amides is 4. The number of carbonyl (C=O) groups excluding carboxylic acids is 3. The summed E-state index contributed by atoms with van der Waals surface area (Å²) in [6.07, 6.45) is 3.12. The van der Waals surface area contributed by atoms with Gasteiger partial charge in [0, 0.05) is 18.8 Å². The minimum atomic E-state index is -3.64. The summed E-state index contributed by atoms with van der Waals surface area (Å²) in [4.78, 5) is 36.3. The lowest BCUT2D eigenvalue weighted by atomic mass is 10.1. The Kier molecular flexibility index (Phi) is 7.89. The minimum absolute atomic E-state index is 0.119. The standard InChI is InChI=1S/C17H21N3O9S2/c1-30(24,25)28-9-7-20(8-10-29-31(2,26)27)13-5-3-12(4-6-13)11-14-15(21)18-17(23)19-16(14)22/h3-6,11H,7-10H2,1-2H3,(H2,18,19,21,22,23). The molecule has 0 unspecified atom stereocenters. The lowest BCUT2D eigenvalue weighted by Crippen LogP contribution is -2.51. The number of nitrogens with one attached hydrogen (secondary N) is 2. The van der Waals surface area contributed by atoms with Crippen molar-refractivity contribution in [1.29, 1.82) is 0 Å². The van der Waals surface area contributed by atoms with E-state index in [1.807, 2.05) is 10.6 Å². The SMILES string of the molecule is CS(=O)(=O)OCCN(CCOS(C)(=O)=O)c1ccc(C=C2C(=O)NC(=O)NC2=O)cc1. The predicted octanol–water partition coefficient (Wildman–Crippen LogP) is -0.805. The van der Waals surface area contributed by atoms with Crippen LogP contribution in [0.2, 0.25) is 0 Å². The number of benzene rings is 1. The zero-order valence-corrected chi connectivity index (χ0v) is 18.3. The molecule has 0 spiro atoms. The van der Waals surface area contributed by atoms with E-state index in [2.05, 4.69) is 0 Å². The molecule has 0 aromatic heterocycles. The molecule has 0 aliphatic carbocycles. The van der Waals surface area contributed by atoms with Gasteiger partial charge in [0.25, 0.3) is 32.1 Å². The highest BCUT2D eigenvalue weighted by molar-refractivity contribution is 7.86. The number of barbiturate groups is 1. The van der Waals surface area contributed by atoms with Crippen LogP contribution in [0.25, 0.3) is 6.08 Å². The van der Waals surface area contributed by atoms with E-state index < -0.39 is 38.1 Å². The van der Waals surface area contributed by atoms with Crippen molar-refractivity contribution in [3.8, 4) is 0 Å². The van der Waals surface area contributed by atoms with Crippen molar-refractivity contribution in [3.63, 3.8) is 0 Å². The summed E-state index contributed by atoms with van der Waals surface area (Å²) in [5.41, 5.74) is 0.828. The maximum atomic E-state index is 11.8. The van der Waals surface area contributed by atoms with Crippen molar-refractivity contribution < 1.29 is 39.6 Å². The zero-order valence-electron chi connectivity index (χ0n) is 16.7. The maximum absolute atomic E-state index is 11.8. The number of imide groups is 2. The average molecular weight is 476 g/mol. The van der Waals surface area contributed by atoms with Gasteiger partial charge in [0.15, 0.2) is 0 Å². The molecule has 0 saturated carbocycles. The van der Waals surface area contributed by atoms with Crippen LogP contribution in [0, 0.1) is 0 Å². The van der Waals surface area contributed by atoms with Gasteiger partial charge in [0.2, 0.25) is 0 Å². The van der Waals surface area contributed by atoms with Crippen molar-refractivity contribution in [1.82, 2.24) is 10.6 Å². The van der Waals surface area contributed by atoms with Gasteiger partial charge in [0.05, 0.1) is 25.7 Å². The molecule has 2 rings (SSSR count). The van der Waals surface area contributed by atoms with Crippen LogP contribution in [0.15, 0.2) is 29.8 Å². The summed E-state index contributed by atoms with van der Waals surface area (Å²) >= 11 is 0. The Morgan fingerprint density at radius 1 is 0.839 bits per heavy atom. The molecule has 1 saturated heterocycles. The van der Waals surface area contributed by atoms with Gasteiger partial charge in [-0.1, -0.05) is 12.1 Å². The highest BCUT2D eigenvalue weighted by Crippen LogP contribution is 2.18. The predicted molar refractivity (Wildman–Crippen MR) is 110 cm³/mol. The van der Waals surface area contributed by atoms with Gasteiger partial charge >= 0.3 is 6.03 Å². The molecule has 31 heavy (non-hydrogen) atoms. The van der Waals surface area contributed by atoms with Gasteiger partial charge in [-0.2, -0.15) is 16.8 Å². The molecule has 170 valence electrons. The summed E-state index contributed by atoms with van der Waals surface area (Å²) in [6, 6.07) is 5.52. The molecular formula is C17H21N3O9S2. The Hall–Kier alpha value is -2.81. The van der Waals surface area contributed by atoms with E-state index in [9.17, 15) is 31.2 Å². The van der Waals surface area contributed by atoms with Gasteiger partial charge in [-0.25, -0.2) is 4.79 Å². The highest BCUT2D eigenvalue weighted by atomic mass is 32.2. The number of nitrogens with zero attached hydrogens (tertiary/aromatic N) is 1. The lowest BCUT2D eigenvalue weighted by molar-refractivity contribution is -0.123. The van der Waals surface area contributed by atoms with Gasteiger partial charge in [-0.3, -0.25) is 28.6 Å². The van der Waals surface area contributed by atoms with E-state index in [0.29, 0.717) is 11.3 Å². The molecule has 0 bridgehead atoms. The molecule has 2 N–H and O–H groups in total. The Morgan fingerprint density at radius 3 is 1.71 bits per heavy atom. The average Bonchev–Trinajstić information content (AvgIpc) is 2.62. The van der Waals surface area contributed by atoms with Crippen LogP contribution >= 0.6 is 0 Å². The van der Waals surface area contributed by atoms with Crippen molar-refractivity contribution in [2.75, 3.05) is 43.7 Å². The Labute approximate surface area is 179 Å². The summed E-state index contributed by atoms with van der Waals surface area (Å²) in [7, 11) is -7.29. The lowest BCUT2D eigenvalue weighted by Gasteiger charge is -2.24. The first-order valence-corrected chi connectivity index (χ1v) is 12.4. The first-order valence-electron chi connectivity index (χ1n) is 8.76.